The Labute approximate surface area is 153 Å². The number of carboxylic acid groups (broad SMARTS) is 1. The molecule has 1 saturated carbocycles. The maximum Gasteiger partial charge on any atom is 0.334 e. The third-order valence-electron chi connectivity index (χ3n) is 5.73. The molecule has 2 rings (SSSR count). The summed E-state index contributed by atoms with van der Waals surface area (Å²) in [6, 6.07) is 0.933. The van der Waals surface area contributed by atoms with Gasteiger partial charge in [0.15, 0.2) is 0 Å². The maximum atomic E-state index is 11.6. The average molecular weight is 371 g/mol. The van der Waals surface area contributed by atoms with Gasteiger partial charge in [-0.2, -0.15) is 0 Å². The highest BCUT2D eigenvalue weighted by Gasteiger charge is 2.49. The summed E-state index contributed by atoms with van der Waals surface area (Å²) in [7, 11) is -2.05. The molecule has 0 heterocycles. The molecule has 0 amide bonds. The van der Waals surface area contributed by atoms with Crippen molar-refractivity contribution in [2.75, 3.05) is 26.4 Å². The van der Waals surface area contributed by atoms with Crippen LogP contribution in [0.3, 0.4) is 0 Å². The van der Waals surface area contributed by atoms with E-state index in [0.29, 0.717) is 32.3 Å². The second-order valence-electron chi connectivity index (χ2n) is 7.45. The molecule has 4 unspecified atom stereocenters. The summed E-state index contributed by atoms with van der Waals surface area (Å²) in [6.07, 6.45) is 4.96. The van der Waals surface area contributed by atoms with Crippen molar-refractivity contribution in [3.63, 3.8) is 0 Å². The normalized spacial score (nSPS) is 28.4. The minimum atomic E-state index is -2.05. The van der Waals surface area contributed by atoms with Gasteiger partial charge in [-0.3, -0.25) is 4.79 Å². The molecule has 1 N–H and O–H groups in total. The van der Waals surface area contributed by atoms with Gasteiger partial charge in [0.25, 0.3) is 0 Å². The van der Waals surface area contributed by atoms with Gasteiger partial charge in [0.1, 0.15) is 0 Å². The van der Waals surface area contributed by atoms with Crippen molar-refractivity contribution < 1.29 is 23.5 Å². The fourth-order valence-corrected chi connectivity index (χ4v) is 7.08. The molecule has 144 valence electrons. The first-order valence-electron chi connectivity index (χ1n) is 9.68. The molecule has 2 bridgehead atoms. The van der Waals surface area contributed by atoms with Crippen molar-refractivity contribution in [3.05, 3.63) is 11.6 Å². The zero-order chi connectivity index (χ0) is 18.4. The van der Waals surface area contributed by atoms with Gasteiger partial charge in [0.05, 0.1) is 5.92 Å². The molecule has 5 nitrogen and oxygen atoms in total. The van der Waals surface area contributed by atoms with Gasteiger partial charge >= 0.3 is 14.5 Å². The van der Waals surface area contributed by atoms with Crippen LogP contribution in [0.1, 0.15) is 40.0 Å². The zero-order valence-corrected chi connectivity index (χ0v) is 17.1. The summed E-state index contributed by atoms with van der Waals surface area (Å²) in [6.45, 7) is 11.0. The molecule has 2 aliphatic rings. The molecule has 0 aromatic carbocycles. The summed E-state index contributed by atoms with van der Waals surface area (Å²) >= 11 is 0. The quantitative estimate of drug-likeness (QED) is 0.321. The first-order chi connectivity index (χ1) is 11.9. The highest BCUT2D eigenvalue weighted by molar-refractivity contribution is 6.66. The van der Waals surface area contributed by atoms with Gasteiger partial charge in [-0.15, -0.1) is 0 Å². The molecule has 25 heavy (non-hydrogen) atoms. The molecule has 0 spiro atoms. The molecule has 0 aromatic heterocycles. The molecule has 0 aromatic rings. The summed E-state index contributed by atoms with van der Waals surface area (Å²) in [4.78, 5) is 11.6. The largest absolute Gasteiger partial charge is 0.481 e. The lowest BCUT2D eigenvalue weighted by Crippen LogP contribution is -2.38. The summed E-state index contributed by atoms with van der Waals surface area (Å²) in [5.74, 6) is 0.0530. The van der Waals surface area contributed by atoms with Crippen LogP contribution in [0.15, 0.2) is 11.6 Å². The lowest BCUT2D eigenvalue weighted by Gasteiger charge is -2.27. The fraction of sp³-hybridized carbons (Fsp3) is 0.842. The molecule has 6 heteroatoms. The van der Waals surface area contributed by atoms with E-state index in [1.54, 1.807) is 0 Å². The Hall–Kier alpha value is -0.693. The van der Waals surface area contributed by atoms with Crippen LogP contribution in [-0.2, 0) is 18.4 Å². The average Bonchev–Trinajstić information content (AvgIpc) is 3.07. The Morgan fingerprint density at radius 1 is 1.28 bits per heavy atom. The first kappa shape index (κ1) is 20.6. The van der Waals surface area contributed by atoms with Crippen LogP contribution < -0.4 is 0 Å². The smallest absolute Gasteiger partial charge is 0.334 e. The van der Waals surface area contributed by atoms with Gasteiger partial charge in [-0.25, -0.2) is 0 Å². The molecule has 0 saturated heterocycles. The summed E-state index contributed by atoms with van der Waals surface area (Å²) in [5, 5.41) is 9.53. The fourth-order valence-electron chi connectivity index (χ4n) is 4.70. The van der Waals surface area contributed by atoms with Crippen LogP contribution in [0, 0.1) is 23.7 Å². The van der Waals surface area contributed by atoms with E-state index in [9.17, 15) is 9.90 Å². The van der Waals surface area contributed by atoms with Crippen LogP contribution in [0.2, 0.25) is 12.6 Å². The molecule has 4 atom stereocenters. The first-order valence-corrected chi connectivity index (χ1v) is 12.2. The Bertz CT molecular complexity index is 472. The Kier molecular flexibility index (Phi) is 7.67. The van der Waals surface area contributed by atoms with E-state index >= 15 is 0 Å². The maximum absolute atomic E-state index is 11.6. The summed E-state index contributed by atoms with van der Waals surface area (Å²) < 4.78 is 17.5. The predicted molar refractivity (Wildman–Crippen MR) is 99.7 cm³/mol. The standard InChI is InChI=1S/C19H34O5Si/c1-5-23-25(4,24-6-2)11-7-9-22-10-8-16-17-13-15(12-14(17)3)18(16)19(20)21/h12,15-18H,5-11,13H2,1-4H3,(H,20,21). The topological polar surface area (TPSA) is 65.0 Å². The van der Waals surface area contributed by atoms with E-state index < -0.39 is 14.5 Å². The van der Waals surface area contributed by atoms with Gasteiger partial charge in [0, 0.05) is 26.4 Å². The Morgan fingerprint density at radius 2 is 1.96 bits per heavy atom. The third-order valence-corrected chi connectivity index (χ3v) is 8.79. The van der Waals surface area contributed by atoms with Crippen LogP contribution in [0.4, 0.5) is 0 Å². The second kappa shape index (κ2) is 9.30. The number of ether oxygens (including phenoxy) is 1. The van der Waals surface area contributed by atoms with Crippen LogP contribution in [0.25, 0.3) is 0 Å². The van der Waals surface area contributed by atoms with Crippen molar-refractivity contribution in [1.82, 2.24) is 0 Å². The SMILES string of the molecule is CCO[Si](C)(CCCOCCC1C2CC(C=C2C)C1C(=O)O)OCC. The lowest BCUT2D eigenvalue weighted by atomic mass is 9.78. The molecule has 0 aliphatic heterocycles. The molecule has 2 aliphatic carbocycles. The number of hydrogen-bond donors (Lipinski definition) is 1. The number of hydrogen-bond acceptors (Lipinski definition) is 4. The Morgan fingerprint density at radius 3 is 2.56 bits per heavy atom. The van der Waals surface area contributed by atoms with E-state index in [2.05, 4.69) is 19.5 Å². The van der Waals surface area contributed by atoms with E-state index in [1.807, 2.05) is 13.8 Å². The van der Waals surface area contributed by atoms with Gasteiger partial charge in [0.2, 0.25) is 0 Å². The van der Waals surface area contributed by atoms with Gasteiger partial charge in [-0.1, -0.05) is 11.6 Å². The van der Waals surface area contributed by atoms with E-state index in [4.69, 9.17) is 13.6 Å². The molecular weight excluding hydrogens is 336 g/mol. The van der Waals surface area contributed by atoms with Gasteiger partial charge < -0.3 is 18.7 Å². The second-order valence-corrected chi connectivity index (χ2v) is 10.8. The number of carboxylic acids is 1. The van der Waals surface area contributed by atoms with E-state index in [0.717, 1.165) is 25.3 Å². The van der Waals surface area contributed by atoms with Crippen molar-refractivity contribution in [3.8, 4) is 0 Å². The van der Waals surface area contributed by atoms with Crippen molar-refractivity contribution in [2.45, 2.75) is 52.6 Å². The van der Waals surface area contributed by atoms with E-state index in [1.165, 1.54) is 5.57 Å². The monoisotopic (exact) mass is 370 g/mol. The van der Waals surface area contributed by atoms with E-state index in [-0.39, 0.29) is 17.8 Å². The van der Waals surface area contributed by atoms with Crippen molar-refractivity contribution in [2.24, 2.45) is 23.7 Å². The zero-order valence-electron chi connectivity index (χ0n) is 16.1. The molecular formula is C19H34O5Si. The number of aliphatic carboxylic acids is 1. The highest BCUT2D eigenvalue weighted by atomic mass is 28.4. The third kappa shape index (κ3) is 5.15. The number of fused-ring (bicyclic) bond motifs is 2. The predicted octanol–water partition coefficient (Wildman–Crippen LogP) is 3.84. The molecule has 0 radical (unpaired) electrons. The lowest BCUT2D eigenvalue weighted by molar-refractivity contribution is -0.144. The van der Waals surface area contributed by atoms with Crippen molar-refractivity contribution >= 4 is 14.5 Å². The highest BCUT2D eigenvalue weighted by Crippen LogP contribution is 2.52. The Balaban J connectivity index is 1.69. The molecule has 1 fully saturated rings. The summed E-state index contributed by atoms with van der Waals surface area (Å²) in [5.41, 5.74) is 1.38. The van der Waals surface area contributed by atoms with Crippen LogP contribution in [-0.4, -0.2) is 46.1 Å². The van der Waals surface area contributed by atoms with Crippen LogP contribution >= 0.6 is 0 Å². The van der Waals surface area contributed by atoms with Gasteiger partial charge in [-0.05, 0) is 70.4 Å². The minimum absolute atomic E-state index is 0.219. The van der Waals surface area contributed by atoms with Crippen molar-refractivity contribution in [1.29, 1.82) is 0 Å². The van der Waals surface area contributed by atoms with Crippen LogP contribution in [0.5, 0.6) is 0 Å². The number of carbonyl (C=O) groups is 1. The minimum Gasteiger partial charge on any atom is -0.481 e. The number of allylic oxidation sites excluding steroid dienone is 2. The number of rotatable bonds is 12.